The summed E-state index contributed by atoms with van der Waals surface area (Å²) in [7, 11) is 0. The van der Waals surface area contributed by atoms with E-state index in [0.717, 1.165) is 67.2 Å². The quantitative estimate of drug-likeness (QED) is 0.176. The lowest BCUT2D eigenvalue weighted by molar-refractivity contribution is -0.143. The monoisotopic (exact) mass is 659 g/mol. The number of halogens is 6. The molecule has 0 radical (unpaired) electrons. The highest BCUT2D eigenvalue weighted by Crippen LogP contribution is 2.40. The second-order valence-electron chi connectivity index (χ2n) is 11.9. The molecule has 0 atom stereocenters. The van der Waals surface area contributed by atoms with Gasteiger partial charge in [0.15, 0.2) is 5.58 Å². The third-order valence-corrected chi connectivity index (χ3v) is 8.69. The summed E-state index contributed by atoms with van der Waals surface area (Å²) in [5.41, 5.74) is 3.90. The van der Waals surface area contributed by atoms with Crippen LogP contribution in [0.3, 0.4) is 0 Å². The van der Waals surface area contributed by atoms with E-state index in [9.17, 15) is 26.3 Å². The van der Waals surface area contributed by atoms with Crippen molar-refractivity contribution in [3.05, 3.63) is 151 Å². The molecular formula is C41H23F6NO. The Hall–Kier alpha value is -5.89. The van der Waals surface area contributed by atoms with Gasteiger partial charge in [-0.05, 0) is 122 Å². The molecule has 0 spiro atoms. The zero-order valence-electron chi connectivity index (χ0n) is 25.4. The summed E-state index contributed by atoms with van der Waals surface area (Å²) in [5, 5.41) is 3.61. The fraction of sp³-hybridized carbons (Fsp3) is 0.0488. The Morgan fingerprint density at radius 2 is 0.796 bits per heavy atom. The van der Waals surface area contributed by atoms with E-state index in [4.69, 9.17) is 4.42 Å². The highest BCUT2D eigenvalue weighted by atomic mass is 19.4. The molecule has 1 aromatic heterocycles. The first kappa shape index (κ1) is 30.4. The van der Waals surface area contributed by atoms with Gasteiger partial charge in [-0.1, -0.05) is 72.8 Å². The number of benzene rings is 7. The molecule has 0 fully saturated rings. The molecule has 0 N–H and O–H groups in total. The highest BCUT2D eigenvalue weighted by Gasteiger charge is 2.37. The topological polar surface area (TPSA) is 26.0 Å². The van der Waals surface area contributed by atoms with Gasteiger partial charge in [0.05, 0.1) is 11.1 Å². The normalized spacial score (nSPS) is 12.3. The van der Waals surface area contributed by atoms with Crippen molar-refractivity contribution in [1.82, 2.24) is 4.98 Å². The van der Waals surface area contributed by atoms with Crippen LogP contribution in [0.15, 0.2) is 144 Å². The molecule has 0 unspecified atom stereocenters. The smallest absolute Gasteiger partial charge is 0.416 e. The van der Waals surface area contributed by atoms with Crippen molar-refractivity contribution < 1.29 is 30.8 Å². The van der Waals surface area contributed by atoms with E-state index < -0.39 is 23.5 Å². The van der Waals surface area contributed by atoms with Crippen molar-refractivity contribution in [2.45, 2.75) is 12.4 Å². The SMILES string of the molecule is FC(F)(F)c1cc(-c2ccc3cc(-c4ccc5cc(-c6ccc(-c7nc8ccccc8o7)cc6)ccc5c4)ccc3c2)cc(C(F)(F)F)c1. The Kier molecular flexibility index (Phi) is 7.07. The van der Waals surface area contributed by atoms with Crippen LogP contribution in [0.5, 0.6) is 0 Å². The molecule has 0 aliphatic carbocycles. The Labute approximate surface area is 275 Å². The number of nitrogens with zero attached hydrogens (tertiary/aromatic N) is 1. The van der Waals surface area contributed by atoms with Crippen molar-refractivity contribution in [3.8, 4) is 44.8 Å². The van der Waals surface area contributed by atoms with Crippen LogP contribution in [0.2, 0.25) is 0 Å². The summed E-state index contributed by atoms with van der Waals surface area (Å²) in [6, 6.07) is 40.4. The van der Waals surface area contributed by atoms with E-state index >= 15 is 0 Å². The predicted octanol–water partition coefficient (Wildman–Crippen LogP) is 12.8. The fourth-order valence-electron chi connectivity index (χ4n) is 6.13. The lowest BCUT2D eigenvalue weighted by Crippen LogP contribution is -2.11. The summed E-state index contributed by atoms with van der Waals surface area (Å²) in [6.07, 6.45) is -9.83. The maximum atomic E-state index is 13.4. The summed E-state index contributed by atoms with van der Waals surface area (Å²) in [5.74, 6) is 0.572. The van der Waals surface area contributed by atoms with Gasteiger partial charge in [0.25, 0.3) is 0 Å². The van der Waals surface area contributed by atoms with Crippen molar-refractivity contribution in [3.63, 3.8) is 0 Å². The molecule has 0 aliphatic heterocycles. The first-order chi connectivity index (χ1) is 23.5. The fourth-order valence-corrected chi connectivity index (χ4v) is 6.13. The minimum absolute atomic E-state index is 0.139. The second kappa shape index (κ2) is 11.4. The third kappa shape index (κ3) is 5.91. The van der Waals surface area contributed by atoms with Crippen LogP contribution < -0.4 is 0 Å². The summed E-state index contributed by atoms with van der Waals surface area (Å²) >= 11 is 0. The van der Waals surface area contributed by atoms with Crippen molar-refractivity contribution in [2.75, 3.05) is 0 Å². The molecule has 8 heteroatoms. The van der Waals surface area contributed by atoms with Gasteiger partial charge in [-0.25, -0.2) is 4.98 Å². The Balaban J connectivity index is 1.06. The largest absolute Gasteiger partial charge is 0.436 e. The molecule has 8 aromatic rings. The number of oxazole rings is 1. The number of aromatic nitrogens is 1. The first-order valence-electron chi connectivity index (χ1n) is 15.3. The predicted molar refractivity (Wildman–Crippen MR) is 181 cm³/mol. The minimum Gasteiger partial charge on any atom is -0.436 e. The highest BCUT2D eigenvalue weighted by molar-refractivity contribution is 5.94. The summed E-state index contributed by atoms with van der Waals surface area (Å²) in [4.78, 5) is 4.58. The van der Waals surface area contributed by atoms with E-state index in [0.29, 0.717) is 11.3 Å². The summed E-state index contributed by atoms with van der Waals surface area (Å²) < 4.78 is 86.5. The van der Waals surface area contributed by atoms with Gasteiger partial charge in [-0.2, -0.15) is 26.3 Å². The van der Waals surface area contributed by atoms with Gasteiger partial charge < -0.3 is 4.42 Å². The van der Waals surface area contributed by atoms with Gasteiger partial charge in [-0.3, -0.25) is 0 Å². The van der Waals surface area contributed by atoms with Crippen LogP contribution in [0.1, 0.15) is 11.1 Å². The Bertz CT molecular complexity index is 2460. The molecule has 0 saturated carbocycles. The zero-order chi connectivity index (χ0) is 33.9. The molecular weight excluding hydrogens is 636 g/mol. The third-order valence-electron chi connectivity index (χ3n) is 8.69. The second-order valence-corrected chi connectivity index (χ2v) is 11.9. The molecule has 0 aliphatic rings. The maximum Gasteiger partial charge on any atom is 0.416 e. The number of para-hydroxylation sites is 2. The van der Waals surface area contributed by atoms with E-state index in [-0.39, 0.29) is 17.2 Å². The standard InChI is InChI=1S/C41H23F6NO/c42-40(43,44)35-21-34(22-36(23-35)41(45,46)47)33-16-15-31-19-30(13-14-32(31)20-33)29-12-11-27-17-26(9-10-28(27)18-29)24-5-7-25(8-6-24)39-48-37-3-1-2-4-38(37)49-39/h1-23H. The van der Waals surface area contributed by atoms with E-state index in [1.165, 1.54) is 0 Å². The number of rotatable bonds is 4. The number of hydrogen-bond acceptors (Lipinski definition) is 2. The lowest BCUT2D eigenvalue weighted by atomic mass is 9.94. The minimum atomic E-state index is -4.91. The molecule has 0 amide bonds. The van der Waals surface area contributed by atoms with Gasteiger partial charge in [-0.15, -0.1) is 0 Å². The van der Waals surface area contributed by atoms with E-state index in [1.54, 1.807) is 18.2 Å². The maximum absolute atomic E-state index is 13.4. The average Bonchev–Trinajstić information content (AvgIpc) is 3.54. The molecule has 8 rings (SSSR count). The van der Waals surface area contributed by atoms with Crippen LogP contribution in [-0.2, 0) is 12.4 Å². The van der Waals surface area contributed by atoms with Gasteiger partial charge >= 0.3 is 12.4 Å². The summed E-state index contributed by atoms with van der Waals surface area (Å²) in [6.45, 7) is 0. The van der Waals surface area contributed by atoms with Crippen molar-refractivity contribution in [1.29, 1.82) is 0 Å². The average molecular weight is 660 g/mol. The molecule has 0 bridgehead atoms. The van der Waals surface area contributed by atoms with Gasteiger partial charge in [0, 0.05) is 5.56 Å². The van der Waals surface area contributed by atoms with E-state index in [1.807, 2.05) is 72.8 Å². The molecule has 1 heterocycles. The number of alkyl halides is 6. The van der Waals surface area contributed by atoms with Crippen molar-refractivity contribution in [2.24, 2.45) is 0 Å². The van der Waals surface area contributed by atoms with Crippen LogP contribution in [0.25, 0.3) is 77.5 Å². The molecule has 0 saturated heterocycles. The van der Waals surface area contributed by atoms with Crippen LogP contribution in [-0.4, -0.2) is 4.98 Å². The molecule has 2 nitrogen and oxygen atoms in total. The molecule has 7 aromatic carbocycles. The number of hydrogen-bond donors (Lipinski definition) is 0. The lowest BCUT2D eigenvalue weighted by Gasteiger charge is -2.15. The number of fused-ring (bicyclic) bond motifs is 3. The van der Waals surface area contributed by atoms with Crippen molar-refractivity contribution >= 4 is 32.6 Å². The van der Waals surface area contributed by atoms with Gasteiger partial charge in [0.2, 0.25) is 5.89 Å². The Morgan fingerprint density at radius 1 is 0.388 bits per heavy atom. The molecule has 240 valence electrons. The van der Waals surface area contributed by atoms with Gasteiger partial charge in [0.1, 0.15) is 5.52 Å². The molecule has 49 heavy (non-hydrogen) atoms. The van der Waals surface area contributed by atoms with E-state index in [2.05, 4.69) is 35.3 Å². The van der Waals surface area contributed by atoms with Crippen LogP contribution >= 0.6 is 0 Å². The van der Waals surface area contributed by atoms with Crippen LogP contribution in [0, 0.1) is 0 Å². The van der Waals surface area contributed by atoms with Crippen LogP contribution in [0.4, 0.5) is 26.3 Å². The zero-order valence-corrected chi connectivity index (χ0v) is 25.4. The Morgan fingerprint density at radius 3 is 1.27 bits per heavy atom. The first-order valence-corrected chi connectivity index (χ1v) is 15.3.